The highest BCUT2D eigenvalue weighted by Gasteiger charge is 2.71. The first-order valence-corrected chi connectivity index (χ1v) is 15.9. The molecular weight excluding hydrogens is 580 g/mol. The van der Waals surface area contributed by atoms with Crippen molar-refractivity contribution in [3.8, 4) is 17.2 Å². The predicted molar refractivity (Wildman–Crippen MR) is 166 cm³/mol. The van der Waals surface area contributed by atoms with Crippen LogP contribution in [-0.2, 0) is 23.8 Å². The third-order valence-corrected chi connectivity index (χ3v) is 11.2. The lowest BCUT2D eigenvalue weighted by Gasteiger charge is -2.43. The second-order valence-corrected chi connectivity index (χ2v) is 14.1. The van der Waals surface area contributed by atoms with Gasteiger partial charge in [0.2, 0.25) is 0 Å². The van der Waals surface area contributed by atoms with E-state index in [1.807, 2.05) is 6.92 Å². The van der Waals surface area contributed by atoms with Crippen molar-refractivity contribution in [2.24, 2.45) is 46.3 Å². The summed E-state index contributed by atoms with van der Waals surface area (Å²) in [7, 11) is 6.71. The van der Waals surface area contributed by atoms with Gasteiger partial charge in [0.1, 0.15) is 28.4 Å². The van der Waals surface area contributed by atoms with Gasteiger partial charge in [-0.05, 0) is 60.2 Å². The highest BCUT2D eigenvalue weighted by atomic mass is 16.5. The first-order chi connectivity index (χ1) is 21.2. The molecule has 10 heteroatoms. The van der Waals surface area contributed by atoms with Gasteiger partial charge in [-0.3, -0.25) is 9.59 Å². The van der Waals surface area contributed by atoms with Crippen LogP contribution in [0.5, 0.6) is 17.2 Å². The van der Waals surface area contributed by atoms with Crippen molar-refractivity contribution in [2.75, 3.05) is 42.2 Å². The van der Waals surface area contributed by atoms with Gasteiger partial charge in [-0.1, -0.05) is 34.6 Å². The Morgan fingerprint density at radius 3 is 1.80 bits per heavy atom. The average molecular weight is 631 g/mol. The second kappa shape index (κ2) is 12.8. The molecule has 0 amide bonds. The third kappa shape index (κ3) is 5.56. The lowest BCUT2D eigenvalue weighted by molar-refractivity contribution is -0.143. The SMILES string of the molecule is COC(=O)c1c(OC)c(C(=O)OC)c(OC)c([C@H](CC(C)C)[C@@]2(C)C(=O)C[C@H]3[C@@H](COC(C)=O)CC[C@@H]4[C@H]([C@@H]32)C4(C)C)c1OC. The van der Waals surface area contributed by atoms with Crippen LogP contribution in [-0.4, -0.2) is 65.8 Å². The molecule has 4 rings (SSSR count). The number of hydrogen-bond donors (Lipinski definition) is 0. The van der Waals surface area contributed by atoms with E-state index in [9.17, 15) is 19.2 Å². The van der Waals surface area contributed by atoms with Crippen LogP contribution in [0.1, 0.15) is 99.4 Å². The Morgan fingerprint density at radius 1 is 0.822 bits per heavy atom. The van der Waals surface area contributed by atoms with Crippen molar-refractivity contribution < 1.29 is 47.6 Å². The summed E-state index contributed by atoms with van der Waals surface area (Å²) in [6, 6.07) is 0. The lowest BCUT2D eigenvalue weighted by Crippen LogP contribution is -2.41. The number of esters is 3. The van der Waals surface area contributed by atoms with Crippen molar-refractivity contribution in [3.63, 3.8) is 0 Å². The minimum absolute atomic E-state index is 0.00341. The van der Waals surface area contributed by atoms with Crippen molar-refractivity contribution in [1.29, 1.82) is 0 Å². The van der Waals surface area contributed by atoms with Gasteiger partial charge in [0.05, 0.1) is 42.2 Å². The Bertz CT molecular complexity index is 1300. The molecule has 0 N–H and O–H groups in total. The van der Waals surface area contributed by atoms with Crippen molar-refractivity contribution in [1.82, 2.24) is 0 Å². The smallest absolute Gasteiger partial charge is 0.345 e. The van der Waals surface area contributed by atoms with E-state index in [0.717, 1.165) is 12.8 Å². The van der Waals surface area contributed by atoms with E-state index in [4.69, 9.17) is 28.4 Å². The first kappa shape index (κ1) is 34.6. The fourth-order valence-electron chi connectivity index (χ4n) is 9.16. The lowest BCUT2D eigenvalue weighted by atomic mass is 9.59. The van der Waals surface area contributed by atoms with Gasteiger partial charge in [0, 0.05) is 30.2 Å². The number of hydrogen-bond acceptors (Lipinski definition) is 10. The Balaban J connectivity index is 2.07. The monoisotopic (exact) mass is 630 g/mol. The summed E-state index contributed by atoms with van der Waals surface area (Å²) >= 11 is 0. The molecule has 3 aliphatic rings. The highest BCUT2D eigenvalue weighted by Crippen LogP contribution is 2.75. The number of ether oxygens (including phenoxy) is 6. The minimum atomic E-state index is -0.930. The van der Waals surface area contributed by atoms with Crippen LogP contribution in [0.25, 0.3) is 0 Å². The van der Waals surface area contributed by atoms with E-state index in [2.05, 4.69) is 27.7 Å². The Labute approximate surface area is 266 Å². The molecule has 0 unspecified atom stereocenters. The molecule has 45 heavy (non-hydrogen) atoms. The van der Waals surface area contributed by atoms with Gasteiger partial charge < -0.3 is 28.4 Å². The zero-order valence-corrected chi connectivity index (χ0v) is 28.7. The average Bonchev–Trinajstić information content (AvgIpc) is 3.50. The molecule has 3 fully saturated rings. The van der Waals surface area contributed by atoms with Crippen LogP contribution in [0.2, 0.25) is 0 Å². The topological polar surface area (TPSA) is 124 Å². The molecule has 0 aliphatic heterocycles. The molecule has 0 bridgehead atoms. The molecule has 0 aromatic heterocycles. The van der Waals surface area contributed by atoms with E-state index in [1.54, 1.807) is 0 Å². The van der Waals surface area contributed by atoms with Gasteiger partial charge in [0.25, 0.3) is 0 Å². The second-order valence-electron chi connectivity index (χ2n) is 14.1. The van der Waals surface area contributed by atoms with Gasteiger partial charge in [-0.2, -0.15) is 0 Å². The number of fused-ring (bicyclic) bond motifs is 3. The zero-order chi connectivity index (χ0) is 33.6. The fourth-order valence-corrected chi connectivity index (χ4v) is 9.16. The summed E-state index contributed by atoms with van der Waals surface area (Å²) in [5.74, 6) is -1.26. The number of ketones is 1. The minimum Gasteiger partial charge on any atom is -0.495 e. The summed E-state index contributed by atoms with van der Waals surface area (Å²) in [6.45, 7) is 12.5. The highest BCUT2D eigenvalue weighted by molar-refractivity contribution is 6.05. The standard InChI is InChI=1S/C35H50O10/c1-17(2)14-22(24-29(40-7)25(32(38)43-10)31(42-9)26(30(24)41-8)33(39)44-11)35(6)23(37)15-20-19(16-45-18(3)36)12-13-21-28(27(20)35)34(21,4)5/h17,19-22,27-28H,12-16H2,1-11H3/t19-,20+,21-,22+,27-,28-,35+/m1/s1. The van der Waals surface area contributed by atoms with Crippen LogP contribution in [0, 0.1) is 46.3 Å². The van der Waals surface area contributed by atoms with E-state index in [-0.39, 0.29) is 81.7 Å². The van der Waals surface area contributed by atoms with Crippen molar-refractivity contribution >= 4 is 23.7 Å². The first-order valence-electron chi connectivity index (χ1n) is 15.9. The molecule has 250 valence electrons. The molecule has 7 atom stereocenters. The summed E-state index contributed by atoms with van der Waals surface area (Å²) in [5, 5.41) is 0. The predicted octanol–water partition coefficient (Wildman–Crippen LogP) is 5.87. The Hall–Kier alpha value is -3.30. The van der Waals surface area contributed by atoms with Crippen LogP contribution >= 0.6 is 0 Å². The van der Waals surface area contributed by atoms with E-state index in [0.29, 0.717) is 24.3 Å². The maximum atomic E-state index is 14.7. The summed E-state index contributed by atoms with van der Waals surface area (Å²) in [4.78, 5) is 53.4. The molecule has 3 aliphatic carbocycles. The summed E-state index contributed by atoms with van der Waals surface area (Å²) < 4.78 is 33.5. The molecule has 0 saturated heterocycles. The molecule has 0 radical (unpaired) electrons. The Morgan fingerprint density at radius 2 is 1.36 bits per heavy atom. The number of benzene rings is 1. The molecule has 10 nitrogen and oxygen atoms in total. The van der Waals surface area contributed by atoms with Gasteiger partial charge in [-0.15, -0.1) is 0 Å². The van der Waals surface area contributed by atoms with Crippen molar-refractivity contribution in [2.45, 2.75) is 73.1 Å². The van der Waals surface area contributed by atoms with E-state index in [1.165, 1.54) is 42.5 Å². The van der Waals surface area contributed by atoms with Crippen LogP contribution in [0.15, 0.2) is 0 Å². The van der Waals surface area contributed by atoms with Crippen LogP contribution < -0.4 is 14.2 Å². The van der Waals surface area contributed by atoms with Gasteiger partial charge in [-0.25, -0.2) is 9.59 Å². The number of carbonyl (C=O) groups excluding carboxylic acids is 4. The van der Waals surface area contributed by atoms with Gasteiger partial charge in [0.15, 0.2) is 5.75 Å². The van der Waals surface area contributed by atoms with Crippen molar-refractivity contribution in [3.05, 3.63) is 16.7 Å². The van der Waals surface area contributed by atoms with Crippen LogP contribution in [0.3, 0.4) is 0 Å². The quantitative estimate of drug-likeness (QED) is 0.217. The normalized spacial score (nSPS) is 28.7. The molecular formula is C35H50O10. The summed E-state index contributed by atoms with van der Waals surface area (Å²) in [5.41, 5.74) is -0.595. The Kier molecular flexibility index (Phi) is 9.86. The van der Waals surface area contributed by atoms with E-state index >= 15 is 0 Å². The number of methoxy groups -OCH3 is 5. The number of carbonyl (C=O) groups is 4. The van der Waals surface area contributed by atoms with Crippen LogP contribution in [0.4, 0.5) is 0 Å². The number of rotatable bonds is 11. The molecule has 1 aromatic carbocycles. The largest absolute Gasteiger partial charge is 0.495 e. The fraction of sp³-hybridized carbons (Fsp3) is 0.714. The van der Waals surface area contributed by atoms with Gasteiger partial charge >= 0.3 is 17.9 Å². The molecule has 0 spiro atoms. The maximum absolute atomic E-state index is 14.7. The third-order valence-electron chi connectivity index (χ3n) is 11.2. The summed E-state index contributed by atoms with van der Waals surface area (Å²) in [6.07, 6.45) is 2.78. The molecule has 1 aromatic rings. The van der Waals surface area contributed by atoms with E-state index < -0.39 is 23.3 Å². The zero-order valence-electron chi connectivity index (χ0n) is 28.7. The molecule has 0 heterocycles. The maximum Gasteiger partial charge on any atom is 0.345 e. The number of Topliss-reactive ketones (excluding diaryl/α,β-unsaturated/α-hetero) is 1. The molecule has 3 saturated carbocycles.